The number of nitrogens with one attached hydrogen (secondary N) is 1. The summed E-state index contributed by atoms with van der Waals surface area (Å²) < 4.78 is 0. The van der Waals surface area contributed by atoms with E-state index in [1.165, 1.54) is 0 Å². The molecule has 0 spiro atoms. The number of carbonyl (C=O) groups is 2. The van der Waals surface area contributed by atoms with Crippen LogP contribution in [0.5, 0.6) is 0 Å². The van der Waals surface area contributed by atoms with Crippen molar-refractivity contribution in [3.05, 3.63) is 0 Å². The van der Waals surface area contributed by atoms with Gasteiger partial charge in [0.05, 0.1) is 0 Å². The van der Waals surface area contributed by atoms with Gasteiger partial charge in [-0.2, -0.15) is 0 Å². The average Bonchev–Trinajstić information content (AvgIpc) is 2.17. The van der Waals surface area contributed by atoms with Gasteiger partial charge in [-0.15, -0.1) is 0 Å². The molecule has 0 radical (unpaired) electrons. The second-order valence-corrected chi connectivity index (χ2v) is 3.16. The van der Waals surface area contributed by atoms with Crippen LogP contribution in [-0.4, -0.2) is 30.1 Å². The van der Waals surface area contributed by atoms with Crippen LogP contribution >= 0.6 is 0 Å². The summed E-state index contributed by atoms with van der Waals surface area (Å²) in [4.78, 5) is 25.4. The Morgan fingerprint density at radius 1 is 1.20 bits per heavy atom. The first-order valence-corrected chi connectivity index (χ1v) is 4.99. The van der Waals surface area contributed by atoms with Gasteiger partial charge in [-0.05, 0) is 19.4 Å². The maximum Gasteiger partial charge on any atom is 0.332 e. The highest BCUT2D eigenvalue weighted by Gasteiger charge is 2.02. The van der Waals surface area contributed by atoms with Crippen LogP contribution in [0.3, 0.4) is 0 Å². The number of amides is 1. The van der Waals surface area contributed by atoms with E-state index in [4.69, 9.17) is 10.8 Å². The number of hydrogen-bond acceptors (Lipinski definition) is 4. The zero-order valence-corrected chi connectivity index (χ0v) is 8.70. The average molecular weight is 218 g/mol. The highest BCUT2D eigenvalue weighted by molar-refractivity contribution is 5.75. The van der Waals surface area contributed by atoms with E-state index < -0.39 is 12.6 Å². The third kappa shape index (κ3) is 10.8. The Hall–Kier alpha value is -1.14. The molecule has 0 aliphatic heterocycles. The van der Waals surface area contributed by atoms with Gasteiger partial charge in [0.25, 0.3) is 0 Å². The van der Waals surface area contributed by atoms with Crippen molar-refractivity contribution in [1.29, 1.82) is 0 Å². The Kier molecular flexibility index (Phi) is 8.70. The fraction of sp³-hybridized carbons (Fsp3) is 0.778. The molecular weight excluding hydrogens is 200 g/mol. The van der Waals surface area contributed by atoms with Crippen LogP contribution in [0.4, 0.5) is 0 Å². The first-order chi connectivity index (χ1) is 7.16. The van der Waals surface area contributed by atoms with Gasteiger partial charge in [0.1, 0.15) is 0 Å². The molecule has 0 rings (SSSR count). The zero-order valence-electron chi connectivity index (χ0n) is 8.70. The van der Waals surface area contributed by atoms with Crippen LogP contribution < -0.4 is 11.2 Å². The van der Waals surface area contributed by atoms with E-state index >= 15 is 0 Å². The smallest absolute Gasteiger partial charge is 0.332 e. The van der Waals surface area contributed by atoms with Crippen LogP contribution in [0.1, 0.15) is 32.1 Å². The molecule has 0 bridgehead atoms. The Morgan fingerprint density at radius 3 is 2.47 bits per heavy atom. The lowest BCUT2D eigenvalue weighted by Crippen LogP contribution is -2.26. The van der Waals surface area contributed by atoms with Crippen molar-refractivity contribution in [1.82, 2.24) is 5.48 Å². The second kappa shape index (κ2) is 9.42. The summed E-state index contributed by atoms with van der Waals surface area (Å²) in [5.41, 5.74) is 7.37. The summed E-state index contributed by atoms with van der Waals surface area (Å²) in [5.74, 6) is -1.40. The van der Waals surface area contributed by atoms with E-state index in [1.807, 2.05) is 0 Å². The van der Waals surface area contributed by atoms with Crippen LogP contribution in [0, 0.1) is 0 Å². The molecule has 0 aromatic carbocycles. The molecule has 0 atom stereocenters. The van der Waals surface area contributed by atoms with Crippen molar-refractivity contribution in [3.63, 3.8) is 0 Å². The third-order valence-electron chi connectivity index (χ3n) is 1.74. The lowest BCUT2D eigenvalue weighted by molar-refractivity contribution is -0.149. The maximum absolute atomic E-state index is 11.0. The van der Waals surface area contributed by atoms with Gasteiger partial charge >= 0.3 is 5.97 Å². The van der Waals surface area contributed by atoms with Crippen molar-refractivity contribution < 1.29 is 19.5 Å². The molecule has 0 unspecified atom stereocenters. The standard InChI is InChI=1S/C9H18N2O4/c10-6-4-2-1-3-5-8(12)11-15-7-9(13)14/h1-7,10H2,(H,11,12)(H,13,14). The molecule has 1 amide bonds. The minimum absolute atomic E-state index is 0.288. The van der Waals surface area contributed by atoms with E-state index in [0.29, 0.717) is 13.0 Å². The van der Waals surface area contributed by atoms with Gasteiger partial charge in [0, 0.05) is 6.42 Å². The molecule has 15 heavy (non-hydrogen) atoms. The van der Waals surface area contributed by atoms with Gasteiger partial charge in [-0.25, -0.2) is 10.3 Å². The molecule has 0 saturated heterocycles. The van der Waals surface area contributed by atoms with Gasteiger partial charge in [0.15, 0.2) is 6.61 Å². The molecule has 0 heterocycles. The number of carboxylic acid groups (broad SMARTS) is 1. The zero-order chi connectivity index (χ0) is 11.5. The normalized spacial score (nSPS) is 9.93. The molecule has 0 saturated carbocycles. The molecular formula is C9H18N2O4. The molecule has 0 aliphatic carbocycles. The number of carboxylic acids is 1. The minimum atomic E-state index is -1.11. The fourth-order valence-electron chi connectivity index (χ4n) is 1.01. The van der Waals surface area contributed by atoms with Crippen LogP contribution in [0.15, 0.2) is 0 Å². The number of aliphatic carboxylic acids is 1. The van der Waals surface area contributed by atoms with Crippen molar-refractivity contribution in [2.75, 3.05) is 13.2 Å². The lowest BCUT2D eigenvalue weighted by atomic mass is 10.1. The second-order valence-electron chi connectivity index (χ2n) is 3.16. The van der Waals surface area contributed by atoms with Gasteiger partial charge < -0.3 is 10.8 Å². The molecule has 6 heteroatoms. The number of nitrogens with two attached hydrogens (primary N) is 1. The predicted molar refractivity (Wildman–Crippen MR) is 53.9 cm³/mol. The Morgan fingerprint density at radius 2 is 1.87 bits per heavy atom. The maximum atomic E-state index is 11.0. The van der Waals surface area contributed by atoms with E-state index in [2.05, 4.69) is 10.3 Å². The summed E-state index contributed by atoms with van der Waals surface area (Å²) in [7, 11) is 0. The summed E-state index contributed by atoms with van der Waals surface area (Å²) in [6.45, 7) is 0.160. The van der Waals surface area contributed by atoms with Crippen LogP contribution in [0.25, 0.3) is 0 Å². The van der Waals surface area contributed by atoms with E-state index in [0.717, 1.165) is 25.7 Å². The summed E-state index contributed by atoms with van der Waals surface area (Å²) >= 11 is 0. The van der Waals surface area contributed by atoms with Crippen molar-refractivity contribution >= 4 is 11.9 Å². The lowest BCUT2D eigenvalue weighted by Gasteiger charge is -2.03. The first-order valence-electron chi connectivity index (χ1n) is 4.99. The highest BCUT2D eigenvalue weighted by atomic mass is 16.7. The topological polar surface area (TPSA) is 102 Å². The van der Waals surface area contributed by atoms with E-state index in [1.54, 1.807) is 0 Å². The van der Waals surface area contributed by atoms with Crippen molar-refractivity contribution in [3.8, 4) is 0 Å². The molecule has 6 nitrogen and oxygen atoms in total. The quantitative estimate of drug-likeness (QED) is 0.374. The number of hydrogen-bond donors (Lipinski definition) is 3. The molecule has 88 valence electrons. The first kappa shape index (κ1) is 13.9. The summed E-state index contributed by atoms with van der Waals surface area (Å²) in [6, 6.07) is 0. The minimum Gasteiger partial charge on any atom is -0.479 e. The Balaban J connectivity index is 3.22. The third-order valence-corrected chi connectivity index (χ3v) is 1.74. The van der Waals surface area contributed by atoms with Gasteiger partial charge in [-0.1, -0.05) is 12.8 Å². The monoisotopic (exact) mass is 218 g/mol. The molecule has 0 aliphatic rings. The number of carbonyl (C=O) groups excluding carboxylic acids is 1. The van der Waals surface area contributed by atoms with Crippen molar-refractivity contribution in [2.45, 2.75) is 32.1 Å². The van der Waals surface area contributed by atoms with E-state index in [-0.39, 0.29) is 5.91 Å². The predicted octanol–water partition coefficient (Wildman–Crippen LogP) is 0.0280. The molecule has 0 aromatic rings. The Labute approximate surface area is 88.7 Å². The van der Waals surface area contributed by atoms with E-state index in [9.17, 15) is 9.59 Å². The van der Waals surface area contributed by atoms with Gasteiger partial charge in [-0.3, -0.25) is 9.63 Å². The molecule has 0 aromatic heterocycles. The largest absolute Gasteiger partial charge is 0.479 e. The molecule has 4 N–H and O–H groups in total. The summed E-state index contributed by atoms with van der Waals surface area (Å²) in [5, 5.41) is 8.21. The fourth-order valence-corrected chi connectivity index (χ4v) is 1.01. The number of rotatable bonds is 9. The SMILES string of the molecule is NCCCCCCC(=O)NOCC(=O)O. The van der Waals surface area contributed by atoms with Gasteiger partial charge in [0.2, 0.25) is 5.91 Å². The van der Waals surface area contributed by atoms with Crippen molar-refractivity contribution in [2.24, 2.45) is 5.73 Å². The highest BCUT2D eigenvalue weighted by Crippen LogP contribution is 2.01. The number of unbranched alkanes of at least 4 members (excludes halogenated alkanes) is 3. The van der Waals surface area contributed by atoms with Crippen LogP contribution in [0.2, 0.25) is 0 Å². The number of hydroxylamine groups is 1. The molecule has 0 fully saturated rings. The summed E-state index contributed by atoms with van der Waals surface area (Å²) in [6.07, 6.45) is 4.05. The Bertz CT molecular complexity index is 197. The van der Waals surface area contributed by atoms with Crippen LogP contribution in [-0.2, 0) is 14.4 Å².